The van der Waals surface area contributed by atoms with Crippen molar-refractivity contribution in [1.82, 2.24) is 9.80 Å². The minimum Gasteiger partial charge on any atom is -0.454 e. The van der Waals surface area contributed by atoms with Crippen molar-refractivity contribution in [3.63, 3.8) is 0 Å². The number of nitrogens with zero attached hydrogens (tertiary/aromatic N) is 3. The summed E-state index contributed by atoms with van der Waals surface area (Å²) in [5.74, 6) is 1.40. The number of rotatable bonds is 4. The first-order valence-electron chi connectivity index (χ1n) is 9.28. The normalized spacial score (nSPS) is 16.1. The van der Waals surface area contributed by atoms with Crippen molar-refractivity contribution in [2.75, 3.05) is 52.0 Å². The highest BCUT2D eigenvalue weighted by Crippen LogP contribution is 2.33. The molecule has 1 amide bonds. The standard InChI is InChI=1S/C21H25N3O3/c1-22(2)14-16-4-3-5-18(12-16)23-8-10-24(11-9-23)21(25)17-6-7-19-20(13-17)27-15-26-19/h3-7,12-13H,8-11,14-15H2,1-2H3. The molecule has 2 heterocycles. The van der Waals surface area contributed by atoms with Gasteiger partial charge in [0.05, 0.1) is 0 Å². The number of amides is 1. The zero-order valence-electron chi connectivity index (χ0n) is 15.9. The molecule has 6 nitrogen and oxygen atoms in total. The lowest BCUT2D eigenvalue weighted by Crippen LogP contribution is -2.48. The number of fused-ring (bicyclic) bond motifs is 1. The van der Waals surface area contributed by atoms with Crippen molar-refractivity contribution in [3.05, 3.63) is 53.6 Å². The van der Waals surface area contributed by atoms with E-state index in [0.717, 1.165) is 19.6 Å². The Morgan fingerprint density at radius 1 is 1.00 bits per heavy atom. The molecular formula is C21H25N3O3. The number of hydrogen-bond donors (Lipinski definition) is 0. The van der Waals surface area contributed by atoms with Crippen LogP contribution in [-0.4, -0.2) is 62.8 Å². The first-order valence-corrected chi connectivity index (χ1v) is 9.28. The largest absolute Gasteiger partial charge is 0.454 e. The van der Waals surface area contributed by atoms with Crippen LogP contribution in [0.4, 0.5) is 5.69 Å². The summed E-state index contributed by atoms with van der Waals surface area (Å²) in [5.41, 5.74) is 3.18. The smallest absolute Gasteiger partial charge is 0.254 e. The number of anilines is 1. The Morgan fingerprint density at radius 2 is 1.78 bits per heavy atom. The molecule has 2 aliphatic rings. The van der Waals surface area contributed by atoms with Crippen LogP contribution < -0.4 is 14.4 Å². The minimum atomic E-state index is 0.0503. The lowest BCUT2D eigenvalue weighted by atomic mass is 10.1. The van der Waals surface area contributed by atoms with E-state index in [1.54, 1.807) is 6.07 Å². The van der Waals surface area contributed by atoms with E-state index in [2.05, 4.69) is 48.2 Å². The van der Waals surface area contributed by atoms with Gasteiger partial charge in [-0.1, -0.05) is 12.1 Å². The van der Waals surface area contributed by atoms with E-state index in [9.17, 15) is 4.79 Å². The molecule has 2 aromatic carbocycles. The molecule has 0 unspecified atom stereocenters. The number of hydrogen-bond acceptors (Lipinski definition) is 5. The van der Waals surface area contributed by atoms with Crippen LogP contribution in [-0.2, 0) is 6.54 Å². The molecule has 6 heteroatoms. The van der Waals surface area contributed by atoms with Crippen molar-refractivity contribution in [1.29, 1.82) is 0 Å². The summed E-state index contributed by atoms with van der Waals surface area (Å²) in [7, 11) is 4.15. The van der Waals surface area contributed by atoms with Crippen LogP contribution in [0.25, 0.3) is 0 Å². The Hall–Kier alpha value is -2.73. The van der Waals surface area contributed by atoms with E-state index in [-0.39, 0.29) is 12.7 Å². The molecule has 0 bridgehead atoms. The molecular weight excluding hydrogens is 342 g/mol. The Labute approximate surface area is 159 Å². The maximum Gasteiger partial charge on any atom is 0.254 e. The summed E-state index contributed by atoms with van der Waals surface area (Å²) in [6.45, 7) is 4.24. The molecule has 1 fully saturated rings. The number of benzene rings is 2. The topological polar surface area (TPSA) is 45.2 Å². The molecule has 0 spiro atoms. The van der Waals surface area contributed by atoms with Crippen LogP contribution in [0.2, 0.25) is 0 Å². The Bertz CT molecular complexity index is 829. The van der Waals surface area contributed by atoms with E-state index >= 15 is 0 Å². The van der Waals surface area contributed by atoms with Gasteiger partial charge >= 0.3 is 0 Å². The van der Waals surface area contributed by atoms with Crippen molar-refractivity contribution >= 4 is 11.6 Å². The SMILES string of the molecule is CN(C)Cc1cccc(N2CCN(C(=O)c3ccc4c(c3)OCO4)CC2)c1. The molecule has 0 atom stereocenters. The summed E-state index contributed by atoms with van der Waals surface area (Å²) in [6, 6.07) is 14.1. The third-order valence-electron chi connectivity index (χ3n) is 4.96. The third-order valence-corrected chi connectivity index (χ3v) is 4.96. The fourth-order valence-electron chi connectivity index (χ4n) is 3.60. The molecule has 4 rings (SSSR count). The van der Waals surface area contributed by atoms with Gasteiger partial charge in [-0.05, 0) is 50.0 Å². The van der Waals surface area contributed by atoms with Gasteiger partial charge in [-0.25, -0.2) is 0 Å². The highest BCUT2D eigenvalue weighted by Gasteiger charge is 2.24. The molecule has 2 aliphatic heterocycles. The zero-order valence-corrected chi connectivity index (χ0v) is 15.9. The second-order valence-corrected chi connectivity index (χ2v) is 7.25. The van der Waals surface area contributed by atoms with Crippen LogP contribution in [0.1, 0.15) is 15.9 Å². The summed E-state index contributed by atoms with van der Waals surface area (Å²) in [5, 5.41) is 0. The van der Waals surface area contributed by atoms with Gasteiger partial charge in [-0.2, -0.15) is 0 Å². The van der Waals surface area contributed by atoms with Gasteiger partial charge in [0.2, 0.25) is 6.79 Å². The van der Waals surface area contributed by atoms with Gasteiger partial charge in [0.15, 0.2) is 11.5 Å². The lowest BCUT2D eigenvalue weighted by Gasteiger charge is -2.36. The van der Waals surface area contributed by atoms with E-state index in [1.165, 1.54) is 11.3 Å². The monoisotopic (exact) mass is 367 g/mol. The fraction of sp³-hybridized carbons (Fsp3) is 0.381. The Kier molecular flexibility index (Phi) is 4.90. The molecule has 0 radical (unpaired) electrons. The molecule has 0 N–H and O–H groups in total. The molecule has 0 aromatic heterocycles. The van der Waals surface area contributed by atoms with E-state index in [4.69, 9.17) is 9.47 Å². The zero-order chi connectivity index (χ0) is 18.8. The predicted molar refractivity (Wildman–Crippen MR) is 105 cm³/mol. The van der Waals surface area contributed by atoms with Gasteiger partial charge in [0.1, 0.15) is 0 Å². The first kappa shape index (κ1) is 17.7. The highest BCUT2D eigenvalue weighted by atomic mass is 16.7. The Morgan fingerprint density at radius 3 is 2.56 bits per heavy atom. The average Bonchev–Trinajstić information content (AvgIpc) is 3.15. The second-order valence-electron chi connectivity index (χ2n) is 7.25. The fourth-order valence-corrected chi connectivity index (χ4v) is 3.60. The van der Waals surface area contributed by atoms with E-state index < -0.39 is 0 Å². The summed E-state index contributed by atoms with van der Waals surface area (Å²) in [6.07, 6.45) is 0. The van der Waals surface area contributed by atoms with E-state index in [0.29, 0.717) is 30.2 Å². The highest BCUT2D eigenvalue weighted by molar-refractivity contribution is 5.95. The average molecular weight is 367 g/mol. The maximum atomic E-state index is 12.8. The molecule has 0 saturated carbocycles. The van der Waals surface area contributed by atoms with Crippen molar-refractivity contribution in [2.45, 2.75) is 6.54 Å². The number of piperazine rings is 1. The van der Waals surface area contributed by atoms with Crippen molar-refractivity contribution in [3.8, 4) is 11.5 Å². The molecule has 0 aliphatic carbocycles. The summed E-state index contributed by atoms with van der Waals surface area (Å²) >= 11 is 0. The van der Waals surface area contributed by atoms with Gasteiger partial charge in [-0.3, -0.25) is 4.79 Å². The van der Waals surface area contributed by atoms with Crippen LogP contribution in [0.3, 0.4) is 0 Å². The molecule has 142 valence electrons. The molecule has 27 heavy (non-hydrogen) atoms. The minimum absolute atomic E-state index is 0.0503. The van der Waals surface area contributed by atoms with Gasteiger partial charge in [0, 0.05) is 44.0 Å². The van der Waals surface area contributed by atoms with Crippen molar-refractivity contribution in [2.24, 2.45) is 0 Å². The second kappa shape index (κ2) is 7.48. The Balaban J connectivity index is 1.39. The first-order chi connectivity index (χ1) is 13.1. The third kappa shape index (κ3) is 3.85. The molecule has 1 saturated heterocycles. The number of ether oxygens (including phenoxy) is 2. The van der Waals surface area contributed by atoms with Gasteiger partial charge in [0.25, 0.3) is 5.91 Å². The quantitative estimate of drug-likeness (QED) is 0.831. The van der Waals surface area contributed by atoms with Gasteiger partial charge < -0.3 is 24.2 Å². The van der Waals surface area contributed by atoms with Crippen LogP contribution in [0, 0.1) is 0 Å². The van der Waals surface area contributed by atoms with Crippen LogP contribution >= 0.6 is 0 Å². The van der Waals surface area contributed by atoms with Crippen molar-refractivity contribution < 1.29 is 14.3 Å². The number of carbonyl (C=O) groups is 1. The summed E-state index contributed by atoms with van der Waals surface area (Å²) in [4.78, 5) is 19.3. The summed E-state index contributed by atoms with van der Waals surface area (Å²) < 4.78 is 10.7. The van der Waals surface area contributed by atoms with Crippen LogP contribution in [0.5, 0.6) is 11.5 Å². The van der Waals surface area contributed by atoms with Gasteiger partial charge in [-0.15, -0.1) is 0 Å². The molecule has 2 aromatic rings. The van der Waals surface area contributed by atoms with Crippen LogP contribution in [0.15, 0.2) is 42.5 Å². The number of carbonyl (C=O) groups excluding carboxylic acids is 1. The van der Waals surface area contributed by atoms with E-state index in [1.807, 2.05) is 17.0 Å². The lowest BCUT2D eigenvalue weighted by molar-refractivity contribution is 0.0746. The predicted octanol–water partition coefficient (Wildman–Crippen LogP) is 2.44. The maximum absolute atomic E-state index is 12.8.